The van der Waals surface area contributed by atoms with E-state index in [1.807, 2.05) is 0 Å². The zero-order chi connectivity index (χ0) is 19.2. The van der Waals surface area contributed by atoms with Crippen LogP contribution >= 0.6 is 0 Å². The minimum Gasteiger partial charge on any atom is -0.453 e. The number of anilines is 2. The van der Waals surface area contributed by atoms with Crippen molar-refractivity contribution in [1.82, 2.24) is 5.32 Å². The SMILES string of the molecule is COC(=O)Nc1ccc(CNC(=O)Nc2ccccc2C(F)(F)F)cc1. The van der Waals surface area contributed by atoms with Crippen LogP contribution in [-0.2, 0) is 17.5 Å². The topological polar surface area (TPSA) is 79.5 Å². The van der Waals surface area contributed by atoms with E-state index in [2.05, 4.69) is 20.7 Å². The molecule has 0 saturated carbocycles. The van der Waals surface area contributed by atoms with Crippen LogP contribution in [0, 0.1) is 0 Å². The maximum absolute atomic E-state index is 12.9. The van der Waals surface area contributed by atoms with Gasteiger partial charge >= 0.3 is 18.3 Å². The predicted octanol–water partition coefficient (Wildman–Crippen LogP) is 4.21. The second kappa shape index (κ2) is 8.24. The van der Waals surface area contributed by atoms with Gasteiger partial charge in [0.1, 0.15) is 0 Å². The number of alkyl halides is 3. The van der Waals surface area contributed by atoms with Crippen LogP contribution in [0.2, 0.25) is 0 Å². The van der Waals surface area contributed by atoms with Crippen LogP contribution < -0.4 is 16.0 Å². The summed E-state index contributed by atoms with van der Waals surface area (Å²) in [5, 5.41) is 7.13. The average molecular weight is 367 g/mol. The molecule has 2 aromatic carbocycles. The molecule has 26 heavy (non-hydrogen) atoms. The van der Waals surface area contributed by atoms with E-state index in [4.69, 9.17) is 0 Å². The number of rotatable bonds is 4. The molecular formula is C17H16F3N3O3. The Morgan fingerprint density at radius 2 is 1.65 bits per heavy atom. The number of carbonyl (C=O) groups is 2. The van der Waals surface area contributed by atoms with Crippen LogP contribution in [0.25, 0.3) is 0 Å². The number of carbonyl (C=O) groups excluding carboxylic acids is 2. The van der Waals surface area contributed by atoms with Gasteiger partial charge in [-0.2, -0.15) is 13.2 Å². The fraction of sp³-hybridized carbons (Fsp3) is 0.176. The summed E-state index contributed by atoms with van der Waals surface area (Å²) < 4.78 is 43.1. The highest BCUT2D eigenvalue weighted by Gasteiger charge is 2.33. The molecule has 2 aromatic rings. The Morgan fingerprint density at radius 3 is 2.27 bits per heavy atom. The molecule has 138 valence electrons. The lowest BCUT2D eigenvalue weighted by molar-refractivity contribution is -0.136. The lowest BCUT2D eigenvalue weighted by Gasteiger charge is -2.14. The smallest absolute Gasteiger partial charge is 0.418 e. The van der Waals surface area contributed by atoms with Crippen molar-refractivity contribution in [3.8, 4) is 0 Å². The summed E-state index contributed by atoms with van der Waals surface area (Å²) in [6, 6.07) is 10.4. The first-order chi connectivity index (χ1) is 12.3. The molecule has 0 bridgehead atoms. The first kappa shape index (κ1) is 19.1. The van der Waals surface area contributed by atoms with Gasteiger partial charge in [0.15, 0.2) is 0 Å². The molecule has 0 aliphatic heterocycles. The van der Waals surface area contributed by atoms with Gasteiger partial charge in [0.05, 0.1) is 18.4 Å². The molecule has 0 aromatic heterocycles. The molecule has 6 nitrogen and oxygen atoms in total. The number of halogens is 3. The van der Waals surface area contributed by atoms with E-state index >= 15 is 0 Å². The molecule has 0 atom stereocenters. The molecule has 0 saturated heterocycles. The third-order valence-electron chi connectivity index (χ3n) is 3.32. The van der Waals surface area contributed by atoms with Gasteiger partial charge in [-0.15, -0.1) is 0 Å². The summed E-state index contributed by atoms with van der Waals surface area (Å²) in [7, 11) is 1.24. The number of hydrogen-bond donors (Lipinski definition) is 3. The summed E-state index contributed by atoms with van der Waals surface area (Å²) in [5.41, 5.74) is -0.0488. The second-order valence-electron chi connectivity index (χ2n) is 5.16. The van der Waals surface area contributed by atoms with Gasteiger partial charge in [0.2, 0.25) is 0 Å². The second-order valence-corrected chi connectivity index (χ2v) is 5.16. The van der Waals surface area contributed by atoms with Crippen molar-refractivity contribution in [3.63, 3.8) is 0 Å². The third-order valence-corrected chi connectivity index (χ3v) is 3.32. The Kier molecular flexibility index (Phi) is 6.05. The first-order valence-electron chi connectivity index (χ1n) is 7.44. The van der Waals surface area contributed by atoms with Gasteiger partial charge in [-0.25, -0.2) is 9.59 Å². The molecule has 0 radical (unpaired) electrons. The van der Waals surface area contributed by atoms with Crippen molar-refractivity contribution < 1.29 is 27.5 Å². The van der Waals surface area contributed by atoms with Gasteiger partial charge in [0, 0.05) is 12.2 Å². The maximum atomic E-state index is 12.9. The van der Waals surface area contributed by atoms with E-state index in [0.717, 1.165) is 6.07 Å². The number of benzene rings is 2. The summed E-state index contributed by atoms with van der Waals surface area (Å²) in [6.45, 7) is 0.0958. The van der Waals surface area contributed by atoms with Crippen molar-refractivity contribution in [2.75, 3.05) is 17.7 Å². The molecule has 0 unspecified atom stereocenters. The largest absolute Gasteiger partial charge is 0.453 e. The lowest BCUT2D eigenvalue weighted by Crippen LogP contribution is -2.29. The number of urea groups is 1. The van der Waals surface area contributed by atoms with Crippen LogP contribution in [-0.4, -0.2) is 19.2 Å². The summed E-state index contributed by atoms with van der Waals surface area (Å²) in [5.74, 6) is 0. The van der Waals surface area contributed by atoms with Crippen LogP contribution in [0.15, 0.2) is 48.5 Å². The van der Waals surface area contributed by atoms with Gasteiger partial charge in [-0.1, -0.05) is 24.3 Å². The van der Waals surface area contributed by atoms with Gasteiger partial charge < -0.3 is 15.4 Å². The van der Waals surface area contributed by atoms with E-state index in [1.54, 1.807) is 24.3 Å². The van der Waals surface area contributed by atoms with E-state index in [-0.39, 0.29) is 12.2 Å². The van der Waals surface area contributed by atoms with Gasteiger partial charge in [0.25, 0.3) is 0 Å². The van der Waals surface area contributed by atoms with Crippen molar-refractivity contribution in [3.05, 3.63) is 59.7 Å². The number of ether oxygens (including phenoxy) is 1. The molecule has 0 aliphatic rings. The molecule has 0 spiro atoms. The molecule has 0 heterocycles. The van der Waals surface area contributed by atoms with E-state index in [1.165, 1.54) is 25.3 Å². The summed E-state index contributed by atoms with van der Waals surface area (Å²) in [4.78, 5) is 22.9. The normalized spacial score (nSPS) is 10.8. The highest BCUT2D eigenvalue weighted by Crippen LogP contribution is 2.34. The highest BCUT2D eigenvalue weighted by molar-refractivity contribution is 5.90. The number of para-hydroxylation sites is 1. The Hall–Kier alpha value is -3.23. The van der Waals surface area contributed by atoms with E-state index < -0.39 is 23.9 Å². The molecule has 3 N–H and O–H groups in total. The minimum absolute atomic E-state index is 0.0958. The number of nitrogens with one attached hydrogen (secondary N) is 3. The highest BCUT2D eigenvalue weighted by atomic mass is 19.4. The quantitative estimate of drug-likeness (QED) is 0.758. The number of hydrogen-bond acceptors (Lipinski definition) is 3. The molecule has 0 fully saturated rings. The Labute approximate surface area is 147 Å². The maximum Gasteiger partial charge on any atom is 0.418 e. The monoisotopic (exact) mass is 367 g/mol. The Balaban J connectivity index is 1.93. The van der Waals surface area contributed by atoms with Crippen LogP contribution in [0.4, 0.5) is 34.1 Å². The van der Waals surface area contributed by atoms with Crippen molar-refractivity contribution in [1.29, 1.82) is 0 Å². The van der Waals surface area contributed by atoms with E-state index in [0.29, 0.717) is 11.3 Å². The Bertz CT molecular complexity index is 777. The van der Waals surface area contributed by atoms with Gasteiger partial charge in [-0.05, 0) is 29.8 Å². The fourth-order valence-electron chi connectivity index (χ4n) is 2.06. The van der Waals surface area contributed by atoms with Crippen molar-refractivity contribution in [2.45, 2.75) is 12.7 Å². The van der Waals surface area contributed by atoms with Gasteiger partial charge in [-0.3, -0.25) is 5.32 Å². The van der Waals surface area contributed by atoms with Crippen molar-refractivity contribution >= 4 is 23.5 Å². The van der Waals surface area contributed by atoms with Crippen LogP contribution in [0.5, 0.6) is 0 Å². The predicted molar refractivity (Wildman–Crippen MR) is 89.8 cm³/mol. The van der Waals surface area contributed by atoms with Crippen LogP contribution in [0.1, 0.15) is 11.1 Å². The molecule has 2 rings (SSSR count). The summed E-state index contributed by atoms with van der Waals surface area (Å²) in [6.07, 6.45) is -5.18. The number of amides is 3. The minimum atomic E-state index is -4.56. The molecule has 3 amide bonds. The summed E-state index contributed by atoms with van der Waals surface area (Å²) >= 11 is 0. The molecule has 0 aliphatic carbocycles. The van der Waals surface area contributed by atoms with Crippen molar-refractivity contribution in [2.24, 2.45) is 0 Å². The fourth-order valence-corrected chi connectivity index (χ4v) is 2.06. The third kappa shape index (κ3) is 5.40. The zero-order valence-corrected chi connectivity index (χ0v) is 13.7. The zero-order valence-electron chi connectivity index (χ0n) is 13.7. The standard InChI is InChI=1S/C17H16F3N3O3/c1-26-16(25)22-12-8-6-11(7-9-12)10-21-15(24)23-14-5-3-2-4-13(14)17(18,19)20/h2-9H,10H2,1H3,(H,22,25)(H2,21,23,24). The molecular weight excluding hydrogens is 351 g/mol. The first-order valence-corrected chi connectivity index (χ1v) is 7.44. The average Bonchev–Trinajstić information content (AvgIpc) is 2.60. The lowest BCUT2D eigenvalue weighted by atomic mass is 10.1. The number of methoxy groups -OCH3 is 1. The Morgan fingerprint density at radius 1 is 1.00 bits per heavy atom. The van der Waals surface area contributed by atoms with Crippen LogP contribution in [0.3, 0.4) is 0 Å². The molecule has 9 heteroatoms. The van der Waals surface area contributed by atoms with E-state index in [9.17, 15) is 22.8 Å².